The Bertz CT molecular complexity index is 867. The number of imide groups is 1. The standard InChI is InChI=1S/C16H19N3O6S/c1-26(23,24)25-8-7-17-12-4-2-3-10-11(12)9-19(16(10)22)13-5-6-14(20)18-15(13)21/h2-4,13,17H,5-9H2,1H3,(H,18,20,21). The molecule has 0 aromatic heterocycles. The Morgan fingerprint density at radius 3 is 2.77 bits per heavy atom. The third-order valence-electron chi connectivity index (χ3n) is 4.30. The van der Waals surface area contributed by atoms with E-state index in [2.05, 4.69) is 14.8 Å². The summed E-state index contributed by atoms with van der Waals surface area (Å²) in [5, 5.41) is 5.32. The van der Waals surface area contributed by atoms with Crippen molar-refractivity contribution in [3.63, 3.8) is 0 Å². The molecular formula is C16H19N3O6S. The van der Waals surface area contributed by atoms with E-state index in [0.717, 1.165) is 11.8 Å². The fraction of sp³-hybridized carbons (Fsp3) is 0.438. The van der Waals surface area contributed by atoms with Gasteiger partial charge in [-0.15, -0.1) is 0 Å². The van der Waals surface area contributed by atoms with Crippen molar-refractivity contribution in [3.8, 4) is 0 Å². The molecule has 2 heterocycles. The molecule has 10 heteroatoms. The molecule has 1 fully saturated rings. The average Bonchev–Trinajstić information content (AvgIpc) is 2.89. The molecular weight excluding hydrogens is 362 g/mol. The van der Waals surface area contributed by atoms with Crippen molar-refractivity contribution in [2.45, 2.75) is 25.4 Å². The molecule has 3 rings (SSSR count). The van der Waals surface area contributed by atoms with Crippen LogP contribution < -0.4 is 10.6 Å². The van der Waals surface area contributed by atoms with E-state index < -0.39 is 22.1 Å². The van der Waals surface area contributed by atoms with Gasteiger partial charge in [0.25, 0.3) is 16.0 Å². The van der Waals surface area contributed by atoms with E-state index in [1.165, 1.54) is 4.90 Å². The summed E-state index contributed by atoms with van der Waals surface area (Å²) in [5.74, 6) is -1.05. The molecule has 0 spiro atoms. The number of amides is 3. The minimum atomic E-state index is -3.51. The predicted molar refractivity (Wildman–Crippen MR) is 91.8 cm³/mol. The van der Waals surface area contributed by atoms with E-state index in [0.29, 0.717) is 17.7 Å². The maximum atomic E-state index is 12.7. The van der Waals surface area contributed by atoms with Crippen LogP contribution in [0.3, 0.4) is 0 Å². The molecule has 0 bridgehead atoms. The summed E-state index contributed by atoms with van der Waals surface area (Å²) < 4.78 is 26.6. The Balaban J connectivity index is 1.71. The van der Waals surface area contributed by atoms with Gasteiger partial charge < -0.3 is 10.2 Å². The first kappa shape index (κ1) is 18.3. The van der Waals surface area contributed by atoms with Crippen LogP contribution in [-0.2, 0) is 30.4 Å². The van der Waals surface area contributed by atoms with Gasteiger partial charge in [0.15, 0.2) is 0 Å². The van der Waals surface area contributed by atoms with Crippen LogP contribution >= 0.6 is 0 Å². The van der Waals surface area contributed by atoms with Gasteiger partial charge in [0.1, 0.15) is 6.04 Å². The lowest BCUT2D eigenvalue weighted by Crippen LogP contribution is -2.52. The number of rotatable bonds is 6. The molecule has 1 saturated heterocycles. The first-order valence-electron chi connectivity index (χ1n) is 8.11. The highest BCUT2D eigenvalue weighted by molar-refractivity contribution is 7.85. The highest BCUT2D eigenvalue weighted by atomic mass is 32.2. The number of anilines is 1. The van der Waals surface area contributed by atoms with Gasteiger partial charge in [0.2, 0.25) is 11.8 Å². The normalized spacial score (nSPS) is 20.1. The Morgan fingerprint density at radius 2 is 2.08 bits per heavy atom. The van der Waals surface area contributed by atoms with Crippen LogP contribution in [0, 0.1) is 0 Å². The Morgan fingerprint density at radius 1 is 1.31 bits per heavy atom. The summed E-state index contributed by atoms with van der Waals surface area (Å²) in [4.78, 5) is 37.5. The number of hydrogen-bond acceptors (Lipinski definition) is 7. The SMILES string of the molecule is CS(=O)(=O)OCCNc1cccc2c1CN(C1CCC(=O)NC1=O)C2=O. The molecule has 2 N–H and O–H groups in total. The minimum Gasteiger partial charge on any atom is -0.382 e. The predicted octanol–water partition coefficient (Wildman–Crippen LogP) is -0.164. The zero-order valence-corrected chi connectivity index (χ0v) is 15.0. The van der Waals surface area contributed by atoms with Crippen molar-refractivity contribution < 1.29 is 27.0 Å². The number of carbonyl (C=O) groups is 3. The molecule has 0 radical (unpaired) electrons. The fourth-order valence-corrected chi connectivity index (χ4v) is 3.52. The topological polar surface area (TPSA) is 122 Å². The van der Waals surface area contributed by atoms with E-state index in [-0.39, 0.29) is 37.9 Å². The number of hydrogen-bond donors (Lipinski definition) is 2. The Labute approximate surface area is 150 Å². The molecule has 2 aliphatic rings. The fourth-order valence-electron chi connectivity index (χ4n) is 3.13. The third kappa shape index (κ3) is 3.86. The molecule has 2 aliphatic heterocycles. The molecule has 1 atom stereocenters. The van der Waals surface area contributed by atoms with Gasteiger partial charge in [-0.2, -0.15) is 8.42 Å². The van der Waals surface area contributed by atoms with Gasteiger partial charge in [0, 0.05) is 36.3 Å². The van der Waals surface area contributed by atoms with Gasteiger partial charge >= 0.3 is 0 Å². The largest absolute Gasteiger partial charge is 0.382 e. The number of benzene rings is 1. The highest BCUT2D eigenvalue weighted by Crippen LogP contribution is 2.32. The van der Waals surface area contributed by atoms with Crippen LogP contribution in [0.25, 0.3) is 0 Å². The smallest absolute Gasteiger partial charge is 0.264 e. The maximum absolute atomic E-state index is 12.7. The van der Waals surface area contributed by atoms with Crippen molar-refractivity contribution in [2.75, 3.05) is 24.7 Å². The highest BCUT2D eigenvalue weighted by Gasteiger charge is 2.39. The zero-order valence-electron chi connectivity index (χ0n) is 14.1. The average molecular weight is 381 g/mol. The second kappa shape index (κ2) is 7.04. The molecule has 9 nitrogen and oxygen atoms in total. The quantitative estimate of drug-likeness (QED) is 0.399. The maximum Gasteiger partial charge on any atom is 0.264 e. The first-order valence-corrected chi connectivity index (χ1v) is 9.93. The van der Waals surface area contributed by atoms with Crippen LogP contribution in [0.4, 0.5) is 5.69 Å². The number of nitrogens with zero attached hydrogens (tertiary/aromatic N) is 1. The van der Waals surface area contributed by atoms with Gasteiger partial charge in [-0.25, -0.2) is 0 Å². The summed E-state index contributed by atoms with van der Waals surface area (Å²) in [5.41, 5.74) is 1.91. The number of nitrogens with one attached hydrogen (secondary N) is 2. The third-order valence-corrected chi connectivity index (χ3v) is 4.89. The lowest BCUT2D eigenvalue weighted by atomic mass is 10.0. The van der Waals surface area contributed by atoms with Crippen LogP contribution in [0.15, 0.2) is 18.2 Å². The van der Waals surface area contributed by atoms with Crippen molar-refractivity contribution >= 4 is 33.5 Å². The van der Waals surface area contributed by atoms with Gasteiger partial charge in [0.05, 0.1) is 12.9 Å². The molecule has 1 aromatic rings. The molecule has 0 saturated carbocycles. The molecule has 0 aliphatic carbocycles. The summed E-state index contributed by atoms with van der Waals surface area (Å²) in [7, 11) is -3.51. The van der Waals surface area contributed by atoms with Crippen LogP contribution in [0.1, 0.15) is 28.8 Å². The molecule has 26 heavy (non-hydrogen) atoms. The monoisotopic (exact) mass is 381 g/mol. The zero-order chi connectivity index (χ0) is 18.9. The second-order valence-corrected chi connectivity index (χ2v) is 7.83. The van der Waals surface area contributed by atoms with Gasteiger partial charge in [-0.05, 0) is 18.6 Å². The lowest BCUT2D eigenvalue weighted by Gasteiger charge is -2.29. The number of carbonyl (C=O) groups excluding carboxylic acids is 3. The van der Waals surface area contributed by atoms with Crippen molar-refractivity contribution in [3.05, 3.63) is 29.3 Å². The van der Waals surface area contributed by atoms with Crippen LogP contribution in [0.5, 0.6) is 0 Å². The molecule has 1 aromatic carbocycles. The van der Waals surface area contributed by atoms with Gasteiger partial charge in [-0.1, -0.05) is 6.07 Å². The van der Waals surface area contributed by atoms with E-state index >= 15 is 0 Å². The molecule has 1 unspecified atom stereocenters. The van der Waals surface area contributed by atoms with Crippen molar-refractivity contribution in [2.24, 2.45) is 0 Å². The van der Waals surface area contributed by atoms with E-state index in [1.54, 1.807) is 18.2 Å². The van der Waals surface area contributed by atoms with E-state index in [9.17, 15) is 22.8 Å². The van der Waals surface area contributed by atoms with Gasteiger partial charge in [-0.3, -0.25) is 23.9 Å². The first-order chi connectivity index (χ1) is 12.3. The van der Waals surface area contributed by atoms with Crippen LogP contribution in [0.2, 0.25) is 0 Å². The molecule has 3 amide bonds. The van der Waals surface area contributed by atoms with E-state index in [4.69, 9.17) is 0 Å². The lowest BCUT2D eigenvalue weighted by molar-refractivity contribution is -0.136. The Hall–Kier alpha value is -2.46. The summed E-state index contributed by atoms with van der Waals surface area (Å²) in [6.07, 6.45) is 1.48. The minimum absolute atomic E-state index is 0.0344. The van der Waals surface area contributed by atoms with Crippen molar-refractivity contribution in [1.82, 2.24) is 10.2 Å². The number of fused-ring (bicyclic) bond motifs is 1. The van der Waals surface area contributed by atoms with Crippen LogP contribution in [-0.4, -0.2) is 56.5 Å². The number of piperidine rings is 1. The van der Waals surface area contributed by atoms with E-state index in [1.807, 2.05) is 0 Å². The Kier molecular flexibility index (Phi) is 4.97. The summed E-state index contributed by atoms with van der Waals surface area (Å²) in [6, 6.07) is 4.50. The summed E-state index contributed by atoms with van der Waals surface area (Å²) in [6.45, 7) is 0.458. The second-order valence-electron chi connectivity index (χ2n) is 6.18. The molecule has 140 valence electrons. The summed E-state index contributed by atoms with van der Waals surface area (Å²) >= 11 is 0. The van der Waals surface area contributed by atoms with Crippen molar-refractivity contribution in [1.29, 1.82) is 0 Å².